The van der Waals surface area contributed by atoms with Gasteiger partial charge < -0.3 is 18.9 Å². The molecule has 0 N–H and O–H groups in total. The number of ether oxygens (including phenoxy) is 4. The lowest BCUT2D eigenvalue weighted by Gasteiger charge is -2.00. The molecule has 0 bridgehead atoms. The monoisotopic (exact) mass is 292 g/mol. The fraction of sp³-hybridized carbons (Fsp3) is 0.667. The summed E-state index contributed by atoms with van der Waals surface area (Å²) in [4.78, 5) is 40.5. The summed E-state index contributed by atoms with van der Waals surface area (Å²) in [6.45, 7) is 5.73. The molecule has 0 radical (unpaired) electrons. The van der Waals surface area contributed by atoms with Crippen LogP contribution < -0.4 is 0 Å². The molecule has 0 saturated heterocycles. The first kappa shape index (κ1) is 20.2. The van der Waals surface area contributed by atoms with Gasteiger partial charge in [0.2, 0.25) is 0 Å². The van der Waals surface area contributed by atoms with Gasteiger partial charge >= 0.3 is 23.9 Å². The largest absolute Gasteiger partial charge is 0.462 e. The maximum Gasteiger partial charge on any atom is 0.302 e. The molecular formula is C12H20O8. The third kappa shape index (κ3) is 24.9. The van der Waals surface area contributed by atoms with Crippen LogP contribution in [0.2, 0.25) is 0 Å². The zero-order chi connectivity index (χ0) is 16.0. The molecule has 0 rings (SSSR count). The van der Waals surface area contributed by atoms with Crippen molar-refractivity contribution in [2.45, 2.75) is 27.7 Å². The van der Waals surface area contributed by atoms with Gasteiger partial charge in [0.05, 0.1) is 0 Å². The van der Waals surface area contributed by atoms with Crippen molar-refractivity contribution in [2.75, 3.05) is 26.4 Å². The minimum Gasteiger partial charge on any atom is -0.462 e. The Labute approximate surface area is 117 Å². The summed E-state index contributed by atoms with van der Waals surface area (Å²) >= 11 is 0. The molecule has 0 aromatic carbocycles. The first-order valence-corrected chi connectivity index (χ1v) is 5.79. The maximum absolute atomic E-state index is 10.1. The first-order valence-electron chi connectivity index (χ1n) is 5.79. The lowest BCUT2D eigenvalue weighted by atomic mass is 10.7. The Bertz CT molecular complexity index is 259. The molecule has 0 aliphatic heterocycles. The molecule has 0 aromatic rings. The zero-order valence-electron chi connectivity index (χ0n) is 12.1. The Balaban J connectivity index is 0. The van der Waals surface area contributed by atoms with Crippen LogP contribution in [-0.2, 0) is 38.1 Å². The normalized spacial score (nSPS) is 8.60. The summed E-state index contributed by atoms with van der Waals surface area (Å²) in [5, 5.41) is 0. The molecule has 8 heteroatoms. The molecular weight excluding hydrogens is 272 g/mol. The Kier molecular flexibility index (Phi) is 13.4. The van der Waals surface area contributed by atoms with Gasteiger partial charge in [0, 0.05) is 27.7 Å². The number of carbonyl (C=O) groups excluding carboxylic acids is 4. The molecule has 8 nitrogen and oxygen atoms in total. The summed E-state index contributed by atoms with van der Waals surface area (Å²) in [5.41, 5.74) is 0. The van der Waals surface area contributed by atoms with E-state index in [-0.39, 0.29) is 50.3 Å². The molecule has 0 unspecified atom stereocenters. The fourth-order valence-electron chi connectivity index (χ4n) is 0.742. The number of rotatable bonds is 6. The number of esters is 4. The minimum absolute atomic E-state index is 0.134. The van der Waals surface area contributed by atoms with E-state index in [9.17, 15) is 19.2 Å². The van der Waals surface area contributed by atoms with Crippen molar-refractivity contribution in [1.82, 2.24) is 0 Å². The van der Waals surface area contributed by atoms with Gasteiger partial charge in [-0.1, -0.05) is 0 Å². The molecule has 0 fully saturated rings. The predicted molar refractivity (Wildman–Crippen MR) is 66.5 cm³/mol. The van der Waals surface area contributed by atoms with Crippen LogP contribution in [0.4, 0.5) is 0 Å². The fourth-order valence-corrected chi connectivity index (χ4v) is 0.742. The molecule has 0 aliphatic carbocycles. The molecule has 0 saturated carbocycles. The van der Waals surface area contributed by atoms with Crippen LogP contribution in [0.15, 0.2) is 0 Å². The maximum atomic E-state index is 10.1. The van der Waals surface area contributed by atoms with E-state index in [1.165, 1.54) is 27.7 Å². The Morgan fingerprint density at radius 3 is 0.750 bits per heavy atom. The Morgan fingerprint density at radius 1 is 0.500 bits per heavy atom. The van der Waals surface area contributed by atoms with Crippen molar-refractivity contribution in [3.63, 3.8) is 0 Å². The zero-order valence-corrected chi connectivity index (χ0v) is 12.1. The van der Waals surface area contributed by atoms with Crippen LogP contribution in [-0.4, -0.2) is 50.3 Å². The highest BCUT2D eigenvalue weighted by Gasteiger charge is 1.94. The summed E-state index contributed by atoms with van der Waals surface area (Å²) in [6, 6.07) is 0. The van der Waals surface area contributed by atoms with Gasteiger partial charge in [0.15, 0.2) is 0 Å². The van der Waals surface area contributed by atoms with Crippen molar-refractivity contribution >= 4 is 23.9 Å². The topological polar surface area (TPSA) is 105 Å². The third-order valence-electron chi connectivity index (χ3n) is 1.39. The second-order valence-electron chi connectivity index (χ2n) is 3.36. The van der Waals surface area contributed by atoms with Gasteiger partial charge in [0.25, 0.3) is 0 Å². The van der Waals surface area contributed by atoms with Crippen molar-refractivity contribution in [3.8, 4) is 0 Å². The molecule has 20 heavy (non-hydrogen) atoms. The van der Waals surface area contributed by atoms with Crippen molar-refractivity contribution < 1.29 is 38.1 Å². The van der Waals surface area contributed by atoms with Gasteiger partial charge in [-0.3, -0.25) is 19.2 Å². The van der Waals surface area contributed by atoms with Gasteiger partial charge in [-0.2, -0.15) is 0 Å². The quantitative estimate of drug-likeness (QED) is 0.389. The van der Waals surface area contributed by atoms with Crippen LogP contribution >= 0.6 is 0 Å². The van der Waals surface area contributed by atoms with Crippen molar-refractivity contribution in [1.29, 1.82) is 0 Å². The molecule has 0 aromatic heterocycles. The van der Waals surface area contributed by atoms with E-state index in [1.807, 2.05) is 0 Å². The Hall–Kier alpha value is -2.12. The van der Waals surface area contributed by atoms with Crippen LogP contribution in [0.25, 0.3) is 0 Å². The highest BCUT2D eigenvalue weighted by Crippen LogP contribution is 1.80. The lowest BCUT2D eigenvalue weighted by molar-refractivity contribution is -0.149. The second-order valence-corrected chi connectivity index (χ2v) is 3.36. The minimum atomic E-state index is -0.368. The number of hydrogen-bond donors (Lipinski definition) is 0. The SMILES string of the molecule is CC(=O)OCCOC(C)=O.CC(=O)OCCOC(C)=O. The van der Waals surface area contributed by atoms with E-state index in [4.69, 9.17) is 0 Å². The van der Waals surface area contributed by atoms with Crippen molar-refractivity contribution in [2.24, 2.45) is 0 Å². The number of carbonyl (C=O) groups is 4. The smallest absolute Gasteiger partial charge is 0.302 e. The van der Waals surface area contributed by atoms with E-state index >= 15 is 0 Å². The van der Waals surface area contributed by atoms with E-state index in [2.05, 4.69) is 18.9 Å². The molecule has 0 amide bonds. The summed E-state index contributed by atoms with van der Waals surface area (Å²) < 4.78 is 17.9. The van der Waals surface area contributed by atoms with Crippen LogP contribution in [0.5, 0.6) is 0 Å². The molecule has 0 spiro atoms. The average Bonchev–Trinajstić information content (AvgIpc) is 2.30. The van der Waals surface area contributed by atoms with Gasteiger partial charge in [0.1, 0.15) is 26.4 Å². The van der Waals surface area contributed by atoms with Gasteiger partial charge in [-0.05, 0) is 0 Å². The van der Waals surface area contributed by atoms with Crippen LogP contribution in [0.1, 0.15) is 27.7 Å². The predicted octanol–water partition coefficient (Wildman–Crippen LogP) is 0.225. The van der Waals surface area contributed by atoms with Crippen molar-refractivity contribution in [3.05, 3.63) is 0 Å². The van der Waals surface area contributed by atoms with E-state index in [1.54, 1.807) is 0 Å². The Morgan fingerprint density at radius 2 is 0.650 bits per heavy atom. The van der Waals surface area contributed by atoms with E-state index in [0.29, 0.717) is 0 Å². The molecule has 0 heterocycles. The third-order valence-corrected chi connectivity index (χ3v) is 1.39. The number of hydrogen-bond acceptors (Lipinski definition) is 8. The average molecular weight is 292 g/mol. The van der Waals surface area contributed by atoms with Crippen LogP contribution in [0.3, 0.4) is 0 Å². The van der Waals surface area contributed by atoms with Gasteiger partial charge in [-0.25, -0.2) is 0 Å². The summed E-state index contributed by atoms with van der Waals surface area (Å²) in [6.07, 6.45) is 0. The molecule has 116 valence electrons. The second kappa shape index (κ2) is 13.3. The molecule has 0 aliphatic rings. The standard InChI is InChI=1S/2C6H10O4/c2*1-5(7)9-3-4-10-6(2)8/h2*3-4H2,1-2H3. The van der Waals surface area contributed by atoms with E-state index in [0.717, 1.165) is 0 Å². The summed E-state index contributed by atoms with van der Waals surface area (Å²) in [7, 11) is 0. The summed E-state index contributed by atoms with van der Waals surface area (Å²) in [5.74, 6) is -1.47. The first-order chi connectivity index (χ1) is 9.25. The van der Waals surface area contributed by atoms with E-state index < -0.39 is 0 Å². The van der Waals surface area contributed by atoms with Gasteiger partial charge in [-0.15, -0.1) is 0 Å². The molecule has 0 atom stereocenters. The van der Waals surface area contributed by atoms with Crippen LogP contribution in [0, 0.1) is 0 Å². The lowest BCUT2D eigenvalue weighted by Crippen LogP contribution is -2.09. The highest BCUT2D eigenvalue weighted by atomic mass is 16.6. The highest BCUT2D eigenvalue weighted by molar-refractivity contribution is 5.67.